The fraction of sp³-hybridized carbons (Fsp3) is 0.600. The predicted octanol–water partition coefficient (Wildman–Crippen LogP) is 2.39. The number of halogens is 1. The number of hydrogen-bond donors (Lipinski definition) is 3. The highest BCUT2D eigenvalue weighted by Gasteiger charge is 2.43. The van der Waals surface area contributed by atoms with Crippen molar-refractivity contribution in [3.05, 3.63) is 35.6 Å². The highest BCUT2D eigenvalue weighted by molar-refractivity contribution is 5.74. The molecule has 3 N–H and O–H groups in total. The molecule has 2 aliphatic rings. The molecule has 2 fully saturated rings. The Hall–Kier alpha value is -2.15. The molecule has 0 spiro atoms. The van der Waals surface area contributed by atoms with Crippen molar-refractivity contribution in [2.24, 2.45) is 5.41 Å². The maximum absolute atomic E-state index is 13.0. The second-order valence-electron chi connectivity index (χ2n) is 7.91. The van der Waals surface area contributed by atoms with E-state index in [-0.39, 0.29) is 35.9 Å². The zero-order chi connectivity index (χ0) is 19.4. The Morgan fingerprint density at radius 1 is 1.26 bits per heavy atom. The minimum atomic E-state index is -0.818. The second kappa shape index (κ2) is 8.25. The van der Waals surface area contributed by atoms with E-state index in [1.54, 1.807) is 12.1 Å². The Bertz CT molecular complexity index is 670. The lowest BCUT2D eigenvalue weighted by Crippen LogP contribution is -2.56. The van der Waals surface area contributed by atoms with Gasteiger partial charge in [-0.15, -0.1) is 0 Å². The van der Waals surface area contributed by atoms with E-state index < -0.39 is 5.97 Å². The number of amides is 2. The Morgan fingerprint density at radius 3 is 2.48 bits per heavy atom. The molecule has 0 heterocycles. The third kappa shape index (κ3) is 5.42. The van der Waals surface area contributed by atoms with Crippen molar-refractivity contribution in [1.82, 2.24) is 15.5 Å². The number of nitrogens with zero attached hydrogens (tertiary/aromatic N) is 1. The smallest absolute Gasteiger partial charge is 0.317 e. The van der Waals surface area contributed by atoms with Gasteiger partial charge in [-0.05, 0) is 61.8 Å². The van der Waals surface area contributed by atoms with Crippen LogP contribution in [-0.4, -0.2) is 53.7 Å². The lowest BCUT2D eigenvalue weighted by molar-refractivity contribution is -0.139. The SMILES string of the molecule is CCN(CC(=O)O)C1CC(NC(=O)NCC2(Cc3ccc(F)cc3)CC2)C1. The van der Waals surface area contributed by atoms with E-state index in [2.05, 4.69) is 10.6 Å². The summed E-state index contributed by atoms with van der Waals surface area (Å²) in [5.41, 5.74) is 1.19. The van der Waals surface area contributed by atoms with Crippen molar-refractivity contribution in [3.63, 3.8) is 0 Å². The molecule has 0 bridgehead atoms. The number of benzene rings is 1. The van der Waals surface area contributed by atoms with E-state index in [0.717, 1.165) is 37.7 Å². The number of rotatable bonds is 9. The number of carboxylic acid groups (broad SMARTS) is 1. The van der Waals surface area contributed by atoms with Gasteiger partial charge >= 0.3 is 12.0 Å². The van der Waals surface area contributed by atoms with E-state index >= 15 is 0 Å². The van der Waals surface area contributed by atoms with Crippen molar-refractivity contribution in [3.8, 4) is 0 Å². The molecule has 1 aromatic carbocycles. The minimum Gasteiger partial charge on any atom is -0.480 e. The summed E-state index contributed by atoms with van der Waals surface area (Å²) in [5, 5.41) is 14.9. The third-order valence-electron chi connectivity index (χ3n) is 5.78. The fourth-order valence-electron chi connectivity index (χ4n) is 3.81. The minimum absolute atomic E-state index is 0.0476. The molecule has 6 nitrogen and oxygen atoms in total. The van der Waals surface area contributed by atoms with Gasteiger partial charge in [0.15, 0.2) is 0 Å². The Morgan fingerprint density at radius 2 is 1.93 bits per heavy atom. The maximum Gasteiger partial charge on any atom is 0.317 e. The van der Waals surface area contributed by atoms with Crippen LogP contribution in [0.3, 0.4) is 0 Å². The zero-order valence-electron chi connectivity index (χ0n) is 15.7. The second-order valence-corrected chi connectivity index (χ2v) is 7.91. The first-order valence-corrected chi connectivity index (χ1v) is 9.64. The summed E-state index contributed by atoms with van der Waals surface area (Å²) in [6.07, 6.45) is 4.55. The molecule has 2 saturated carbocycles. The fourth-order valence-corrected chi connectivity index (χ4v) is 3.81. The summed E-state index contributed by atoms with van der Waals surface area (Å²) in [5.74, 6) is -1.05. The van der Waals surface area contributed by atoms with E-state index in [1.165, 1.54) is 12.1 Å². The van der Waals surface area contributed by atoms with Crippen LogP contribution in [0.5, 0.6) is 0 Å². The number of urea groups is 1. The van der Waals surface area contributed by atoms with Crippen LogP contribution in [0.2, 0.25) is 0 Å². The summed E-state index contributed by atoms with van der Waals surface area (Å²) in [6, 6.07) is 6.73. The normalized spacial score (nSPS) is 22.8. The van der Waals surface area contributed by atoms with Gasteiger partial charge in [-0.25, -0.2) is 9.18 Å². The van der Waals surface area contributed by atoms with Crippen LogP contribution in [0.1, 0.15) is 38.2 Å². The monoisotopic (exact) mass is 377 g/mol. The highest BCUT2D eigenvalue weighted by atomic mass is 19.1. The summed E-state index contributed by atoms with van der Waals surface area (Å²) >= 11 is 0. The standard InChI is InChI=1S/C20H28FN3O3/c1-2-24(12-18(25)26)17-9-16(10-17)23-19(27)22-13-20(7-8-20)11-14-3-5-15(21)6-4-14/h3-6,16-17H,2,7-13H2,1H3,(H,25,26)(H2,22,23,27). The van der Waals surface area contributed by atoms with Crippen LogP contribution in [0, 0.1) is 11.2 Å². The highest BCUT2D eigenvalue weighted by Crippen LogP contribution is 2.47. The summed E-state index contributed by atoms with van der Waals surface area (Å²) in [6.45, 7) is 3.31. The van der Waals surface area contributed by atoms with Crippen LogP contribution in [-0.2, 0) is 11.2 Å². The molecule has 2 amide bonds. The number of carbonyl (C=O) groups is 2. The van der Waals surface area contributed by atoms with Crippen molar-refractivity contribution < 1.29 is 19.1 Å². The number of nitrogens with one attached hydrogen (secondary N) is 2. The van der Waals surface area contributed by atoms with Crippen molar-refractivity contribution in [1.29, 1.82) is 0 Å². The molecule has 27 heavy (non-hydrogen) atoms. The molecule has 0 aromatic heterocycles. The van der Waals surface area contributed by atoms with Gasteiger partial charge in [0.25, 0.3) is 0 Å². The lowest BCUT2D eigenvalue weighted by Gasteiger charge is -2.42. The summed E-state index contributed by atoms with van der Waals surface area (Å²) < 4.78 is 13.0. The molecule has 148 valence electrons. The van der Waals surface area contributed by atoms with Crippen molar-refractivity contribution >= 4 is 12.0 Å². The average molecular weight is 377 g/mol. The van der Waals surface area contributed by atoms with Gasteiger partial charge < -0.3 is 15.7 Å². The largest absolute Gasteiger partial charge is 0.480 e. The van der Waals surface area contributed by atoms with E-state index in [0.29, 0.717) is 13.1 Å². The molecule has 2 aliphatic carbocycles. The van der Waals surface area contributed by atoms with E-state index in [9.17, 15) is 14.0 Å². The maximum atomic E-state index is 13.0. The van der Waals surface area contributed by atoms with Gasteiger partial charge in [-0.2, -0.15) is 0 Å². The number of carboxylic acids is 1. The van der Waals surface area contributed by atoms with Gasteiger partial charge in [0.05, 0.1) is 6.54 Å². The molecule has 0 radical (unpaired) electrons. The topological polar surface area (TPSA) is 81.7 Å². The van der Waals surface area contributed by atoms with Crippen LogP contribution in [0.15, 0.2) is 24.3 Å². The first-order valence-electron chi connectivity index (χ1n) is 9.64. The molecule has 0 saturated heterocycles. The molecule has 0 atom stereocenters. The molecule has 0 aliphatic heterocycles. The molecular weight excluding hydrogens is 349 g/mol. The number of aliphatic carboxylic acids is 1. The molecule has 3 rings (SSSR count). The summed E-state index contributed by atoms with van der Waals surface area (Å²) in [4.78, 5) is 25.0. The first kappa shape index (κ1) is 19.6. The molecular formula is C20H28FN3O3. The molecule has 0 unspecified atom stereocenters. The number of carbonyl (C=O) groups excluding carboxylic acids is 1. The zero-order valence-corrected chi connectivity index (χ0v) is 15.7. The van der Waals surface area contributed by atoms with E-state index in [1.807, 2.05) is 11.8 Å². The number of hydrogen-bond acceptors (Lipinski definition) is 3. The summed E-state index contributed by atoms with van der Waals surface area (Å²) in [7, 11) is 0. The van der Waals surface area contributed by atoms with Crippen molar-refractivity contribution in [2.45, 2.75) is 51.1 Å². The van der Waals surface area contributed by atoms with Gasteiger partial charge in [0, 0.05) is 18.6 Å². The van der Waals surface area contributed by atoms with Gasteiger partial charge in [0.1, 0.15) is 5.82 Å². The van der Waals surface area contributed by atoms with Crippen LogP contribution in [0.25, 0.3) is 0 Å². The van der Waals surface area contributed by atoms with Crippen LogP contribution in [0.4, 0.5) is 9.18 Å². The molecule has 7 heteroatoms. The Kier molecular flexibility index (Phi) is 5.99. The first-order chi connectivity index (χ1) is 12.9. The average Bonchev–Trinajstić information content (AvgIpc) is 3.36. The van der Waals surface area contributed by atoms with Crippen molar-refractivity contribution in [2.75, 3.05) is 19.6 Å². The Balaban J connectivity index is 1.37. The van der Waals surface area contributed by atoms with Gasteiger partial charge in [0.2, 0.25) is 0 Å². The quantitative estimate of drug-likeness (QED) is 0.617. The third-order valence-corrected chi connectivity index (χ3v) is 5.78. The van der Waals surface area contributed by atoms with Gasteiger partial charge in [-0.3, -0.25) is 9.69 Å². The number of likely N-dealkylation sites (N-methyl/N-ethyl adjacent to an activating group) is 1. The van der Waals surface area contributed by atoms with Gasteiger partial charge in [-0.1, -0.05) is 19.1 Å². The van der Waals surface area contributed by atoms with Crippen LogP contribution < -0.4 is 10.6 Å². The predicted molar refractivity (Wildman–Crippen MR) is 100.0 cm³/mol. The Labute approximate surface area is 159 Å². The van der Waals surface area contributed by atoms with Crippen LogP contribution >= 0.6 is 0 Å². The molecule has 1 aromatic rings. The lowest BCUT2D eigenvalue weighted by atomic mass is 9.85. The van der Waals surface area contributed by atoms with E-state index in [4.69, 9.17) is 5.11 Å².